The molecule has 2 heteroatoms. The fraction of sp³-hybridized carbons (Fsp3) is 1.00. The first kappa shape index (κ1) is 12.4. The van der Waals surface area contributed by atoms with Gasteiger partial charge >= 0.3 is 0 Å². The van der Waals surface area contributed by atoms with Crippen molar-refractivity contribution < 1.29 is 0 Å². The van der Waals surface area contributed by atoms with E-state index in [0.29, 0.717) is 0 Å². The summed E-state index contributed by atoms with van der Waals surface area (Å²) in [5.41, 5.74) is 0. The van der Waals surface area contributed by atoms with E-state index in [1.165, 1.54) is 58.2 Å². The third-order valence-corrected chi connectivity index (χ3v) is 4.11. The molecule has 0 aromatic heterocycles. The van der Waals surface area contributed by atoms with Crippen LogP contribution in [0.15, 0.2) is 0 Å². The molecule has 1 aliphatic carbocycles. The van der Waals surface area contributed by atoms with E-state index in [4.69, 9.17) is 0 Å². The maximum Gasteiger partial charge on any atom is 0.0195 e. The monoisotopic (exact) mass is 224 g/mol. The molecule has 16 heavy (non-hydrogen) atoms. The summed E-state index contributed by atoms with van der Waals surface area (Å²) in [6, 6.07) is 1.68. The second-order valence-electron chi connectivity index (χ2n) is 6.07. The zero-order valence-electron chi connectivity index (χ0n) is 11.0. The van der Waals surface area contributed by atoms with Gasteiger partial charge in [-0.3, -0.25) is 4.90 Å². The molecule has 1 unspecified atom stereocenters. The highest BCUT2D eigenvalue weighted by atomic mass is 15.2. The van der Waals surface area contributed by atoms with E-state index in [1.54, 1.807) is 0 Å². The molecule has 0 aromatic rings. The zero-order valence-corrected chi connectivity index (χ0v) is 11.0. The third kappa shape index (κ3) is 3.46. The Balaban J connectivity index is 1.74. The molecule has 1 heterocycles. The average Bonchev–Trinajstić information content (AvgIpc) is 2.80. The number of hydrogen-bond donors (Lipinski definition) is 1. The molecular formula is C14H28N2. The van der Waals surface area contributed by atoms with Crippen LogP contribution in [0.5, 0.6) is 0 Å². The van der Waals surface area contributed by atoms with Crippen molar-refractivity contribution in [1.29, 1.82) is 0 Å². The number of likely N-dealkylation sites (tertiary alicyclic amines) is 1. The Morgan fingerprint density at radius 1 is 1.12 bits per heavy atom. The van der Waals surface area contributed by atoms with Gasteiger partial charge in [-0.2, -0.15) is 0 Å². The highest BCUT2D eigenvalue weighted by Gasteiger charge is 2.27. The summed E-state index contributed by atoms with van der Waals surface area (Å²) in [5.74, 6) is 0.779. The Morgan fingerprint density at radius 3 is 2.56 bits per heavy atom. The van der Waals surface area contributed by atoms with Crippen LogP contribution in [0, 0.1) is 5.92 Å². The molecule has 0 bridgehead atoms. The van der Waals surface area contributed by atoms with Gasteiger partial charge in [-0.25, -0.2) is 0 Å². The van der Waals surface area contributed by atoms with Gasteiger partial charge in [0, 0.05) is 18.6 Å². The Labute approximate surface area is 101 Å². The predicted molar refractivity (Wildman–Crippen MR) is 69.7 cm³/mol. The SMILES string of the molecule is CC(C)CNC1CCCN(C2CCCC2)C1. The van der Waals surface area contributed by atoms with Crippen molar-refractivity contribution in [3.05, 3.63) is 0 Å². The molecule has 2 rings (SSSR count). The fourth-order valence-electron chi connectivity index (χ4n) is 3.18. The van der Waals surface area contributed by atoms with Crippen molar-refractivity contribution in [1.82, 2.24) is 10.2 Å². The number of rotatable bonds is 4. The van der Waals surface area contributed by atoms with Crippen LogP contribution >= 0.6 is 0 Å². The maximum atomic E-state index is 3.73. The van der Waals surface area contributed by atoms with Gasteiger partial charge in [-0.1, -0.05) is 26.7 Å². The van der Waals surface area contributed by atoms with Gasteiger partial charge in [-0.05, 0) is 44.7 Å². The van der Waals surface area contributed by atoms with Crippen LogP contribution in [0.3, 0.4) is 0 Å². The van der Waals surface area contributed by atoms with Crippen LogP contribution in [0.1, 0.15) is 52.4 Å². The van der Waals surface area contributed by atoms with Crippen molar-refractivity contribution >= 4 is 0 Å². The summed E-state index contributed by atoms with van der Waals surface area (Å²) >= 11 is 0. The van der Waals surface area contributed by atoms with E-state index >= 15 is 0 Å². The number of hydrogen-bond acceptors (Lipinski definition) is 2. The van der Waals surface area contributed by atoms with Gasteiger partial charge in [0.15, 0.2) is 0 Å². The molecule has 2 nitrogen and oxygen atoms in total. The molecule has 0 radical (unpaired) electrons. The molecule has 2 fully saturated rings. The van der Waals surface area contributed by atoms with Crippen molar-refractivity contribution in [3.8, 4) is 0 Å². The first-order valence-electron chi connectivity index (χ1n) is 7.23. The summed E-state index contributed by atoms with van der Waals surface area (Å²) in [6.07, 6.45) is 8.62. The minimum atomic E-state index is 0.761. The minimum absolute atomic E-state index is 0.761. The second kappa shape index (κ2) is 6.02. The van der Waals surface area contributed by atoms with Crippen molar-refractivity contribution in [2.45, 2.75) is 64.5 Å². The summed E-state index contributed by atoms with van der Waals surface area (Å²) in [4.78, 5) is 2.76. The quantitative estimate of drug-likeness (QED) is 0.790. The number of nitrogens with zero attached hydrogens (tertiary/aromatic N) is 1. The van der Waals surface area contributed by atoms with E-state index in [9.17, 15) is 0 Å². The van der Waals surface area contributed by atoms with E-state index in [2.05, 4.69) is 24.1 Å². The lowest BCUT2D eigenvalue weighted by Crippen LogP contribution is -2.49. The Morgan fingerprint density at radius 2 is 1.88 bits per heavy atom. The first-order valence-corrected chi connectivity index (χ1v) is 7.23. The lowest BCUT2D eigenvalue weighted by molar-refractivity contribution is 0.137. The molecule has 94 valence electrons. The number of nitrogens with one attached hydrogen (secondary N) is 1. The summed E-state index contributed by atoms with van der Waals surface area (Å²) in [5, 5.41) is 3.73. The molecule has 1 atom stereocenters. The van der Waals surface area contributed by atoms with Gasteiger partial charge in [0.2, 0.25) is 0 Å². The maximum absolute atomic E-state index is 3.73. The third-order valence-electron chi connectivity index (χ3n) is 4.11. The van der Waals surface area contributed by atoms with E-state index in [-0.39, 0.29) is 0 Å². The Bertz CT molecular complexity index is 197. The summed E-state index contributed by atoms with van der Waals surface area (Å²) < 4.78 is 0. The standard InChI is InChI=1S/C14H28N2/c1-12(2)10-15-13-6-5-9-16(11-13)14-7-3-4-8-14/h12-15H,3-11H2,1-2H3. The minimum Gasteiger partial charge on any atom is -0.312 e. The van der Waals surface area contributed by atoms with Crippen molar-refractivity contribution in [2.24, 2.45) is 5.92 Å². The lowest BCUT2D eigenvalue weighted by Gasteiger charge is -2.37. The zero-order chi connectivity index (χ0) is 11.4. The van der Waals surface area contributed by atoms with Crippen LogP contribution in [0.4, 0.5) is 0 Å². The molecule has 0 amide bonds. The van der Waals surface area contributed by atoms with Crippen LogP contribution in [0.2, 0.25) is 0 Å². The normalized spacial score (nSPS) is 29.1. The molecule has 1 saturated carbocycles. The molecule has 0 spiro atoms. The lowest BCUT2D eigenvalue weighted by atomic mass is 10.0. The molecule has 0 aromatic carbocycles. The van der Waals surface area contributed by atoms with Crippen LogP contribution in [0.25, 0.3) is 0 Å². The summed E-state index contributed by atoms with van der Waals surface area (Å²) in [7, 11) is 0. The fourth-order valence-corrected chi connectivity index (χ4v) is 3.18. The molecular weight excluding hydrogens is 196 g/mol. The molecule has 1 saturated heterocycles. The van der Waals surface area contributed by atoms with Crippen LogP contribution in [-0.4, -0.2) is 36.6 Å². The van der Waals surface area contributed by atoms with Crippen LogP contribution < -0.4 is 5.32 Å². The van der Waals surface area contributed by atoms with Crippen molar-refractivity contribution in [2.75, 3.05) is 19.6 Å². The van der Waals surface area contributed by atoms with Gasteiger partial charge < -0.3 is 5.32 Å². The van der Waals surface area contributed by atoms with Gasteiger partial charge in [-0.15, -0.1) is 0 Å². The molecule has 2 aliphatic rings. The predicted octanol–water partition coefficient (Wildman–Crippen LogP) is 2.64. The average molecular weight is 224 g/mol. The highest BCUT2D eigenvalue weighted by molar-refractivity contribution is 4.85. The van der Waals surface area contributed by atoms with E-state index < -0.39 is 0 Å². The van der Waals surface area contributed by atoms with Gasteiger partial charge in [0.05, 0.1) is 0 Å². The summed E-state index contributed by atoms with van der Waals surface area (Å²) in [6.45, 7) is 8.43. The molecule has 1 N–H and O–H groups in total. The largest absolute Gasteiger partial charge is 0.312 e. The number of piperidine rings is 1. The smallest absolute Gasteiger partial charge is 0.0195 e. The Hall–Kier alpha value is -0.0800. The van der Waals surface area contributed by atoms with Gasteiger partial charge in [0.1, 0.15) is 0 Å². The Kier molecular flexibility index (Phi) is 4.66. The van der Waals surface area contributed by atoms with E-state index in [1.807, 2.05) is 0 Å². The topological polar surface area (TPSA) is 15.3 Å². The highest BCUT2D eigenvalue weighted by Crippen LogP contribution is 2.26. The van der Waals surface area contributed by atoms with E-state index in [0.717, 1.165) is 18.0 Å². The van der Waals surface area contributed by atoms with Gasteiger partial charge in [0.25, 0.3) is 0 Å². The first-order chi connectivity index (χ1) is 7.75. The second-order valence-corrected chi connectivity index (χ2v) is 6.07. The van der Waals surface area contributed by atoms with Crippen molar-refractivity contribution in [3.63, 3.8) is 0 Å². The molecule has 1 aliphatic heterocycles. The van der Waals surface area contributed by atoms with Crippen LogP contribution in [-0.2, 0) is 0 Å².